The molecule has 1 atom stereocenters. The highest BCUT2D eigenvalue weighted by atomic mass is 28.4. The number of nitrogens with zero attached hydrogens (tertiary/aromatic N) is 3. The molecule has 124 valence electrons. The van der Waals surface area contributed by atoms with Gasteiger partial charge in [0.05, 0.1) is 0 Å². The summed E-state index contributed by atoms with van der Waals surface area (Å²) in [6.07, 6.45) is 0.884. The maximum Gasteiger partial charge on any atom is 0.195 e. The van der Waals surface area contributed by atoms with Crippen LogP contribution in [0.25, 0.3) is 0 Å². The van der Waals surface area contributed by atoms with Gasteiger partial charge in [-0.3, -0.25) is 14.7 Å². The van der Waals surface area contributed by atoms with E-state index in [0.717, 1.165) is 6.42 Å². The zero-order valence-corrected chi connectivity index (χ0v) is 17.0. The first-order chi connectivity index (χ1) is 9.31. The first-order valence-electron chi connectivity index (χ1n) is 7.57. The Morgan fingerprint density at radius 1 is 0.857 bits per heavy atom. The quantitative estimate of drug-likeness (QED) is 0.426. The van der Waals surface area contributed by atoms with Gasteiger partial charge in [0.2, 0.25) is 0 Å². The van der Waals surface area contributed by atoms with Crippen LogP contribution in [-0.4, -0.2) is 76.7 Å². The van der Waals surface area contributed by atoms with Gasteiger partial charge in [0.15, 0.2) is 14.1 Å². The topological polar surface area (TPSA) is 19.0 Å². The fourth-order valence-corrected chi connectivity index (χ4v) is 4.16. The first kappa shape index (κ1) is 20.6. The molecule has 0 aliphatic rings. The second kappa shape index (κ2) is 7.25. The van der Waals surface area contributed by atoms with Crippen molar-refractivity contribution in [1.82, 2.24) is 14.7 Å². The summed E-state index contributed by atoms with van der Waals surface area (Å²) in [5, 5.41) is 0. The van der Waals surface area contributed by atoms with Crippen molar-refractivity contribution in [2.45, 2.75) is 51.3 Å². The van der Waals surface area contributed by atoms with Crippen molar-refractivity contribution in [3.05, 3.63) is 0 Å². The van der Waals surface area contributed by atoms with Gasteiger partial charge in [-0.25, -0.2) is 0 Å². The number of hydrogen-bond acceptors (Lipinski definition) is 4. The number of rotatable bonds is 6. The molecule has 0 aliphatic heterocycles. The molecule has 0 radical (unpaired) electrons. The van der Waals surface area contributed by atoms with Crippen LogP contribution in [0.5, 0.6) is 0 Å². The molecule has 0 amide bonds. The maximum absolute atomic E-state index is 6.32. The van der Waals surface area contributed by atoms with E-state index in [1.165, 1.54) is 0 Å². The zero-order valence-electron chi connectivity index (χ0n) is 16.0. The molecular formula is C16H35N3OSi. The second-order valence-electron chi connectivity index (χ2n) is 7.37. The van der Waals surface area contributed by atoms with Crippen molar-refractivity contribution in [3.8, 4) is 11.8 Å². The minimum absolute atomic E-state index is 0.391. The van der Waals surface area contributed by atoms with Crippen molar-refractivity contribution in [2.75, 3.05) is 42.3 Å². The van der Waals surface area contributed by atoms with E-state index in [9.17, 15) is 0 Å². The Morgan fingerprint density at radius 3 is 1.48 bits per heavy atom. The molecule has 0 aliphatic carbocycles. The van der Waals surface area contributed by atoms with Crippen molar-refractivity contribution >= 4 is 8.32 Å². The molecule has 0 fully saturated rings. The molecule has 0 rings (SSSR count). The monoisotopic (exact) mass is 313 g/mol. The van der Waals surface area contributed by atoms with E-state index in [0.29, 0.717) is 0 Å². The third-order valence-corrected chi connectivity index (χ3v) is 4.63. The van der Waals surface area contributed by atoms with Crippen molar-refractivity contribution < 1.29 is 4.43 Å². The average molecular weight is 314 g/mol. The van der Waals surface area contributed by atoms with Gasteiger partial charge < -0.3 is 4.43 Å². The van der Waals surface area contributed by atoms with E-state index in [1.54, 1.807) is 0 Å². The third kappa shape index (κ3) is 5.39. The highest BCUT2D eigenvalue weighted by Gasteiger charge is 2.37. The highest BCUT2D eigenvalue weighted by Crippen LogP contribution is 2.23. The Morgan fingerprint density at radius 2 is 1.24 bits per heavy atom. The fourth-order valence-electron chi connectivity index (χ4n) is 2.61. The average Bonchev–Trinajstić information content (AvgIpc) is 2.25. The van der Waals surface area contributed by atoms with Crippen molar-refractivity contribution in [1.29, 1.82) is 0 Å². The molecule has 0 bridgehead atoms. The molecule has 1 unspecified atom stereocenters. The third-order valence-electron chi connectivity index (χ3n) is 3.57. The normalized spacial score (nSPS) is 16.1. The Kier molecular flexibility index (Phi) is 7.12. The highest BCUT2D eigenvalue weighted by molar-refractivity contribution is 6.69. The Hall–Kier alpha value is -0.383. The van der Waals surface area contributed by atoms with E-state index >= 15 is 0 Å². The lowest BCUT2D eigenvalue weighted by Gasteiger charge is -2.46. The largest absolute Gasteiger partial charge is 0.402 e. The molecule has 0 saturated heterocycles. The lowest BCUT2D eigenvalue weighted by atomic mass is 10.0. The van der Waals surface area contributed by atoms with Gasteiger partial charge in [0.25, 0.3) is 0 Å². The van der Waals surface area contributed by atoms with Gasteiger partial charge in [0.1, 0.15) is 5.60 Å². The van der Waals surface area contributed by atoms with Crippen LogP contribution >= 0.6 is 0 Å². The molecule has 21 heavy (non-hydrogen) atoms. The van der Waals surface area contributed by atoms with Gasteiger partial charge in [-0.1, -0.05) is 12.8 Å². The lowest BCUT2D eigenvalue weighted by Crippen LogP contribution is -2.63. The van der Waals surface area contributed by atoms with Crippen LogP contribution < -0.4 is 0 Å². The van der Waals surface area contributed by atoms with E-state index in [-0.39, 0.29) is 0 Å². The second-order valence-corrected chi connectivity index (χ2v) is 11.8. The van der Waals surface area contributed by atoms with Gasteiger partial charge in [-0.2, -0.15) is 0 Å². The molecule has 5 heteroatoms. The van der Waals surface area contributed by atoms with Crippen molar-refractivity contribution in [3.63, 3.8) is 0 Å². The molecular weight excluding hydrogens is 278 g/mol. The van der Waals surface area contributed by atoms with E-state index in [4.69, 9.17) is 4.43 Å². The summed E-state index contributed by atoms with van der Waals surface area (Å²) in [5.41, 5.74) is -0.391. The van der Waals surface area contributed by atoms with Crippen LogP contribution in [0.4, 0.5) is 0 Å². The van der Waals surface area contributed by atoms with Gasteiger partial charge >= 0.3 is 0 Å². The van der Waals surface area contributed by atoms with Crippen LogP contribution in [0.15, 0.2) is 0 Å². The summed E-state index contributed by atoms with van der Waals surface area (Å²) in [4.78, 5) is 6.39. The lowest BCUT2D eigenvalue weighted by molar-refractivity contribution is -0.0575. The summed E-state index contributed by atoms with van der Waals surface area (Å²) in [6.45, 7) is 10.9. The molecule has 0 aromatic rings. The maximum atomic E-state index is 6.32. The molecule has 0 heterocycles. The first-order valence-corrected chi connectivity index (χ1v) is 11.0. The molecule has 0 N–H and O–H groups in total. The molecule has 0 aromatic heterocycles. The molecule has 0 saturated carbocycles. The summed E-state index contributed by atoms with van der Waals surface area (Å²) < 4.78 is 6.32. The smallest absolute Gasteiger partial charge is 0.195 e. The van der Waals surface area contributed by atoms with Gasteiger partial charge in [-0.15, -0.1) is 0 Å². The summed E-state index contributed by atoms with van der Waals surface area (Å²) in [5.74, 6) is 6.45. The molecule has 0 spiro atoms. The van der Waals surface area contributed by atoms with Crippen LogP contribution in [0.1, 0.15) is 20.3 Å². The summed E-state index contributed by atoms with van der Waals surface area (Å²) >= 11 is 0. The van der Waals surface area contributed by atoms with Crippen LogP contribution in [-0.2, 0) is 4.43 Å². The minimum Gasteiger partial charge on any atom is -0.402 e. The van der Waals surface area contributed by atoms with Crippen LogP contribution in [0, 0.1) is 11.8 Å². The zero-order chi connectivity index (χ0) is 17.1. The Bertz CT molecular complexity index is 369. The van der Waals surface area contributed by atoms with Gasteiger partial charge in [0, 0.05) is 0 Å². The Labute approximate surface area is 133 Å². The predicted molar refractivity (Wildman–Crippen MR) is 94.7 cm³/mol. The van der Waals surface area contributed by atoms with Crippen molar-refractivity contribution in [2.24, 2.45) is 0 Å². The minimum atomic E-state index is -1.63. The summed E-state index contributed by atoms with van der Waals surface area (Å²) in [6, 6.07) is 0. The molecule has 4 nitrogen and oxygen atoms in total. The fraction of sp³-hybridized carbons (Fsp3) is 0.875. The standard InChI is InChI=1S/C16H35N3OSi/c1-12-15(2,20-21(9,10)11)13-14-16(17(3)4,18(5)6)19(7)8/h12H2,1-11H3. The van der Waals surface area contributed by atoms with Crippen LogP contribution in [0.3, 0.4) is 0 Å². The van der Waals surface area contributed by atoms with E-state index in [1.807, 2.05) is 0 Å². The SMILES string of the molecule is CCC(C)(C#CC(N(C)C)(N(C)C)N(C)C)O[Si](C)(C)C. The van der Waals surface area contributed by atoms with E-state index < -0.39 is 19.7 Å². The molecule has 0 aromatic carbocycles. The predicted octanol–water partition coefficient (Wildman–Crippen LogP) is 2.35. The van der Waals surface area contributed by atoms with E-state index in [2.05, 4.69) is 102 Å². The Balaban J connectivity index is 5.74. The van der Waals surface area contributed by atoms with Crippen LogP contribution in [0.2, 0.25) is 19.6 Å². The van der Waals surface area contributed by atoms with Gasteiger partial charge in [-0.05, 0) is 81.2 Å². The summed E-state index contributed by atoms with van der Waals surface area (Å²) in [7, 11) is 10.7. The number of hydrogen-bond donors (Lipinski definition) is 0.